The van der Waals surface area contributed by atoms with E-state index in [4.69, 9.17) is 9.15 Å². The van der Waals surface area contributed by atoms with Crippen molar-refractivity contribution in [1.29, 1.82) is 5.26 Å². The molecular weight excluding hydrogens is 616 g/mol. The molecule has 0 spiro atoms. The number of nitrogens with zero attached hydrogens (tertiary/aromatic N) is 2. The summed E-state index contributed by atoms with van der Waals surface area (Å²) in [7, 11) is 0. The zero-order chi connectivity index (χ0) is 27.4. The molecule has 0 aliphatic carbocycles. The molecule has 6 heteroatoms. The van der Waals surface area contributed by atoms with Crippen molar-refractivity contribution >= 4 is 44.0 Å². The molecule has 4 aromatic carbocycles. The number of rotatable bonds is 7. The predicted molar refractivity (Wildman–Crippen MR) is 164 cm³/mol. The van der Waals surface area contributed by atoms with Gasteiger partial charge >= 0.3 is 0 Å². The van der Waals surface area contributed by atoms with Crippen molar-refractivity contribution in [3.8, 4) is 34.3 Å². The lowest BCUT2D eigenvalue weighted by atomic mass is 9.97. The summed E-state index contributed by atoms with van der Waals surface area (Å²) in [5.41, 5.74) is 7.16. The second kappa shape index (κ2) is 11.9. The average molecular weight is 640 g/mol. The third-order valence-corrected chi connectivity index (χ3v) is 7.40. The van der Waals surface area contributed by atoms with Gasteiger partial charge in [-0.1, -0.05) is 87.7 Å². The maximum absolute atomic E-state index is 10.2. The zero-order valence-electron chi connectivity index (χ0n) is 21.4. The van der Waals surface area contributed by atoms with Gasteiger partial charge in [-0.15, -0.1) is 0 Å². The van der Waals surface area contributed by atoms with Crippen LogP contribution in [-0.2, 0) is 6.61 Å². The third kappa shape index (κ3) is 6.22. The number of halogens is 2. The Kier molecular flexibility index (Phi) is 8.11. The number of benzene rings is 4. The predicted octanol–water partition coefficient (Wildman–Crippen LogP) is 9.96. The molecule has 0 radical (unpaired) electrons. The molecule has 0 aliphatic rings. The maximum Gasteiger partial charge on any atom is 0.238 e. The lowest BCUT2D eigenvalue weighted by Crippen LogP contribution is -1.96. The quantitative estimate of drug-likeness (QED) is 0.167. The van der Waals surface area contributed by atoms with Gasteiger partial charge in [0.05, 0.1) is 4.47 Å². The standard InChI is InChI=1S/C33H24Br2N2O2/c1-21-3-10-25(11-4-21)31-28(18-36)33(39-32(31)26-12-5-22(2)6-13-26)37-19-24-9-16-30(29(35)17-24)38-20-23-7-14-27(34)15-8-23/h3-17,19H,20H2,1-2H3. The molecule has 1 aromatic heterocycles. The van der Waals surface area contributed by atoms with E-state index in [9.17, 15) is 5.26 Å². The van der Waals surface area contributed by atoms with Crippen LogP contribution in [0.5, 0.6) is 5.75 Å². The van der Waals surface area contributed by atoms with Gasteiger partial charge < -0.3 is 9.15 Å². The summed E-state index contributed by atoms with van der Waals surface area (Å²) < 4.78 is 14.1. The molecule has 0 saturated carbocycles. The number of hydrogen-bond acceptors (Lipinski definition) is 4. The molecule has 0 bridgehead atoms. The Morgan fingerprint density at radius 1 is 0.846 bits per heavy atom. The molecule has 39 heavy (non-hydrogen) atoms. The van der Waals surface area contributed by atoms with Crippen LogP contribution in [0.15, 0.2) is 109 Å². The van der Waals surface area contributed by atoms with Crippen molar-refractivity contribution in [3.05, 3.63) is 128 Å². The lowest BCUT2D eigenvalue weighted by molar-refractivity contribution is 0.304. The Bertz CT molecular complexity index is 1680. The highest BCUT2D eigenvalue weighted by molar-refractivity contribution is 9.10. The van der Waals surface area contributed by atoms with Gasteiger partial charge in [-0.25, -0.2) is 4.99 Å². The molecule has 0 amide bonds. The average Bonchev–Trinajstić information content (AvgIpc) is 3.31. The largest absolute Gasteiger partial charge is 0.488 e. The molecule has 0 unspecified atom stereocenters. The summed E-state index contributed by atoms with van der Waals surface area (Å²) in [6.45, 7) is 4.54. The second-order valence-corrected chi connectivity index (χ2v) is 11.0. The normalized spacial score (nSPS) is 11.1. The van der Waals surface area contributed by atoms with Crippen molar-refractivity contribution in [1.82, 2.24) is 0 Å². The Balaban J connectivity index is 1.45. The van der Waals surface area contributed by atoms with Gasteiger partial charge in [0.25, 0.3) is 0 Å². The van der Waals surface area contributed by atoms with E-state index >= 15 is 0 Å². The topological polar surface area (TPSA) is 58.5 Å². The van der Waals surface area contributed by atoms with Crippen LogP contribution in [0.1, 0.15) is 27.8 Å². The molecule has 0 fully saturated rings. The van der Waals surface area contributed by atoms with Crippen LogP contribution in [0.25, 0.3) is 22.5 Å². The number of aliphatic imine (C=N–C) groups is 1. The van der Waals surface area contributed by atoms with E-state index in [1.165, 1.54) is 0 Å². The van der Waals surface area contributed by atoms with Crippen LogP contribution in [0.3, 0.4) is 0 Å². The summed E-state index contributed by atoms with van der Waals surface area (Å²) in [6.07, 6.45) is 1.70. The fraction of sp³-hybridized carbons (Fsp3) is 0.0909. The minimum Gasteiger partial charge on any atom is -0.488 e. The Morgan fingerprint density at radius 2 is 1.49 bits per heavy atom. The first-order chi connectivity index (χ1) is 18.9. The van der Waals surface area contributed by atoms with Gasteiger partial charge in [0, 0.05) is 21.8 Å². The fourth-order valence-corrected chi connectivity index (χ4v) is 4.88. The molecular formula is C33H24Br2N2O2. The number of aryl methyl sites for hydroxylation is 2. The monoisotopic (exact) mass is 638 g/mol. The highest BCUT2D eigenvalue weighted by Crippen LogP contribution is 2.42. The van der Waals surface area contributed by atoms with E-state index < -0.39 is 0 Å². The number of furan rings is 1. The highest BCUT2D eigenvalue weighted by atomic mass is 79.9. The molecule has 0 saturated heterocycles. The van der Waals surface area contributed by atoms with Crippen LogP contribution in [-0.4, -0.2) is 6.21 Å². The molecule has 5 rings (SSSR count). The van der Waals surface area contributed by atoms with Crippen molar-refractivity contribution in [3.63, 3.8) is 0 Å². The van der Waals surface area contributed by atoms with Crippen molar-refractivity contribution in [2.45, 2.75) is 20.5 Å². The Labute approximate surface area is 244 Å². The van der Waals surface area contributed by atoms with Crippen LogP contribution >= 0.6 is 31.9 Å². The maximum atomic E-state index is 10.2. The SMILES string of the molecule is Cc1ccc(-c2oc(N=Cc3ccc(OCc4ccc(Br)cc4)c(Br)c3)c(C#N)c2-c2ccc(C)cc2)cc1. The van der Waals surface area contributed by atoms with E-state index in [0.717, 1.165) is 53.6 Å². The minimum absolute atomic E-state index is 0.273. The lowest BCUT2D eigenvalue weighted by Gasteiger charge is -2.09. The molecule has 0 atom stereocenters. The summed E-state index contributed by atoms with van der Waals surface area (Å²) in [5.74, 6) is 1.63. The molecule has 0 aliphatic heterocycles. The summed E-state index contributed by atoms with van der Waals surface area (Å²) >= 11 is 7.06. The first-order valence-corrected chi connectivity index (χ1v) is 13.9. The van der Waals surface area contributed by atoms with Gasteiger partial charge in [-0.3, -0.25) is 0 Å². The Hall–Kier alpha value is -3.92. The molecule has 192 valence electrons. The molecule has 4 nitrogen and oxygen atoms in total. The van der Waals surface area contributed by atoms with Crippen LogP contribution in [0.4, 0.5) is 5.88 Å². The summed E-state index contributed by atoms with van der Waals surface area (Å²) in [5, 5.41) is 10.2. The first kappa shape index (κ1) is 26.7. The highest BCUT2D eigenvalue weighted by Gasteiger charge is 2.22. The van der Waals surface area contributed by atoms with Gasteiger partial charge in [0.2, 0.25) is 5.88 Å². The van der Waals surface area contributed by atoms with Crippen molar-refractivity contribution in [2.24, 2.45) is 4.99 Å². The van der Waals surface area contributed by atoms with E-state index in [0.29, 0.717) is 17.9 Å². The van der Waals surface area contributed by atoms with E-state index in [-0.39, 0.29) is 5.88 Å². The second-order valence-electron chi connectivity index (χ2n) is 9.19. The molecule has 0 N–H and O–H groups in total. The van der Waals surface area contributed by atoms with E-state index in [2.05, 4.69) is 42.9 Å². The zero-order valence-corrected chi connectivity index (χ0v) is 24.6. The Morgan fingerprint density at radius 3 is 2.10 bits per heavy atom. The van der Waals surface area contributed by atoms with Gasteiger partial charge in [0.15, 0.2) is 0 Å². The fourth-order valence-electron chi connectivity index (χ4n) is 4.11. The first-order valence-electron chi connectivity index (χ1n) is 12.3. The van der Waals surface area contributed by atoms with Gasteiger partial charge in [0.1, 0.15) is 29.7 Å². The van der Waals surface area contributed by atoms with Crippen LogP contribution < -0.4 is 4.74 Å². The number of nitriles is 1. The smallest absolute Gasteiger partial charge is 0.238 e. The number of ether oxygens (including phenoxy) is 1. The van der Waals surface area contributed by atoms with Crippen LogP contribution in [0, 0.1) is 25.2 Å². The van der Waals surface area contributed by atoms with E-state index in [1.807, 2.05) is 105 Å². The molecule has 5 aromatic rings. The minimum atomic E-state index is 0.273. The van der Waals surface area contributed by atoms with Crippen LogP contribution in [0.2, 0.25) is 0 Å². The van der Waals surface area contributed by atoms with Gasteiger partial charge in [-0.05, 0) is 76.8 Å². The summed E-state index contributed by atoms with van der Waals surface area (Å²) in [4.78, 5) is 4.61. The van der Waals surface area contributed by atoms with Gasteiger partial charge in [-0.2, -0.15) is 5.26 Å². The third-order valence-electron chi connectivity index (χ3n) is 6.25. The number of hydrogen-bond donors (Lipinski definition) is 0. The molecule has 1 heterocycles. The van der Waals surface area contributed by atoms with Crippen molar-refractivity contribution in [2.75, 3.05) is 0 Å². The van der Waals surface area contributed by atoms with E-state index in [1.54, 1.807) is 6.21 Å². The summed E-state index contributed by atoms with van der Waals surface area (Å²) in [6, 6.07) is 32.2. The van der Waals surface area contributed by atoms with Crippen molar-refractivity contribution < 1.29 is 9.15 Å².